The van der Waals surface area contributed by atoms with Crippen LogP contribution in [-0.2, 0) is 20.8 Å². The zero-order chi connectivity index (χ0) is 16.4. The predicted octanol–water partition coefficient (Wildman–Crippen LogP) is 2.89. The molecule has 22 heavy (non-hydrogen) atoms. The Morgan fingerprint density at radius 1 is 1.27 bits per heavy atom. The monoisotopic (exact) mass is 335 g/mol. The van der Waals surface area contributed by atoms with Crippen molar-refractivity contribution < 1.29 is 25.8 Å². The smallest absolute Gasteiger partial charge is 0.381 e. The third-order valence-corrected chi connectivity index (χ3v) is 4.29. The van der Waals surface area contributed by atoms with E-state index >= 15 is 0 Å². The van der Waals surface area contributed by atoms with Gasteiger partial charge >= 0.3 is 15.6 Å². The van der Waals surface area contributed by atoms with Crippen LogP contribution in [0.15, 0.2) is 42.2 Å². The molecule has 0 aromatic heterocycles. The van der Waals surface area contributed by atoms with Gasteiger partial charge in [-0.05, 0) is 11.6 Å². The molecule has 1 aromatic carbocycles. The first-order valence-corrected chi connectivity index (χ1v) is 8.07. The number of benzene rings is 1. The van der Waals surface area contributed by atoms with E-state index in [9.17, 15) is 21.6 Å². The molecule has 0 N–H and O–H groups in total. The summed E-state index contributed by atoms with van der Waals surface area (Å²) >= 11 is 0. The number of nitrogens with zero attached hydrogens (tertiary/aromatic N) is 1. The first-order valence-electron chi connectivity index (χ1n) is 6.66. The van der Waals surface area contributed by atoms with Gasteiger partial charge in [-0.25, -0.2) is 0 Å². The van der Waals surface area contributed by atoms with Gasteiger partial charge in [0, 0.05) is 25.6 Å². The van der Waals surface area contributed by atoms with Crippen LogP contribution in [0.3, 0.4) is 0 Å². The Hall–Kier alpha value is -1.54. The van der Waals surface area contributed by atoms with Crippen molar-refractivity contribution in [3.8, 4) is 0 Å². The molecule has 0 saturated carbocycles. The summed E-state index contributed by atoms with van der Waals surface area (Å²) in [5.41, 5.74) is -4.33. The molecule has 1 aromatic rings. The summed E-state index contributed by atoms with van der Waals surface area (Å²) in [5, 5.41) is 0. The Kier molecular flexibility index (Phi) is 4.81. The zero-order valence-corrected chi connectivity index (χ0v) is 12.7. The molecular weight excluding hydrogens is 319 g/mol. The van der Waals surface area contributed by atoms with Gasteiger partial charge in [0.2, 0.25) is 0 Å². The summed E-state index contributed by atoms with van der Waals surface area (Å²) in [6, 6.07) is 9.62. The zero-order valence-electron chi connectivity index (χ0n) is 11.9. The Bertz CT molecular complexity index is 641. The lowest BCUT2D eigenvalue weighted by atomic mass is 10.0. The van der Waals surface area contributed by atoms with E-state index in [1.54, 1.807) is 6.92 Å². The molecule has 2 rings (SSSR count). The molecule has 0 aliphatic carbocycles. The fourth-order valence-corrected chi connectivity index (χ4v) is 2.81. The number of rotatable bonds is 4. The van der Waals surface area contributed by atoms with Crippen LogP contribution in [0.5, 0.6) is 0 Å². The van der Waals surface area contributed by atoms with Crippen molar-refractivity contribution in [3.05, 3.63) is 47.7 Å². The maximum Gasteiger partial charge on any atom is 0.534 e. The lowest BCUT2D eigenvalue weighted by Gasteiger charge is -2.30. The molecule has 4 nitrogen and oxygen atoms in total. The van der Waals surface area contributed by atoms with Gasteiger partial charge in [0.25, 0.3) is 0 Å². The lowest BCUT2D eigenvalue weighted by Crippen LogP contribution is -2.35. The van der Waals surface area contributed by atoms with Crippen LogP contribution < -0.4 is 0 Å². The van der Waals surface area contributed by atoms with Gasteiger partial charge in [-0.15, -0.1) is 0 Å². The molecule has 122 valence electrons. The topological polar surface area (TPSA) is 46.6 Å². The van der Waals surface area contributed by atoms with Gasteiger partial charge < -0.3 is 4.18 Å². The highest BCUT2D eigenvalue weighted by atomic mass is 32.2. The molecule has 8 heteroatoms. The molecule has 0 spiro atoms. The predicted molar refractivity (Wildman–Crippen MR) is 75.0 cm³/mol. The summed E-state index contributed by atoms with van der Waals surface area (Å²) < 4.78 is 63.3. The fourth-order valence-electron chi connectivity index (χ4n) is 2.23. The molecule has 0 amide bonds. The molecule has 0 saturated heterocycles. The van der Waals surface area contributed by atoms with Crippen molar-refractivity contribution in [1.29, 1.82) is 0 Å². The van der Waals surface area contributed by atoms with Gasteiger partial charge in [-0.2, -0.15) is 21.6 Å². The molecule has 0 radical (unpaired) electrons. The van der Waals surface area contributed by atoms with Crippen molar-refractivity contribution in [2.45, 2.75) is 19.0 Å². The van der Waals surface area contributed by atoms with Crippen LogP contribution in [0.1, 0.15) is 12.5 Å². The summed E-state index contributed by atoms with van der Waals surface area (Å²) in [6.07, 6.45) is 1.39. The average molecular weight is 335 g/mol. The van der Waals surface area contributed by atoms with Gasteiger partial charge in [-0.3, -0.25) is 4.90 Å². The number of halogens is 3. The number of hydrogen-bond donors (Lipinski definition) is 0. The Morgan fingerprint density at radius 3 is 2.45 bits per heavy atom. The van der Waals surface area contributed by atoms with Crippen molar-refractivity contribution in [2.24, 2.45) is 5.92 Å². The Balaban J connectivity index is 2.03. The lowest BCUT2D eigenvalue weighted by molar-refractivity contribution is -0.0529. The van der Waals surface area contributed by atoms with E-state index < -0.39 is 21.5 Å². The minimum atomic E-state index is -5.59. The van der Waals surface area contributed by atoms with Crippen LogP contribution in [0.4, 0.5) is 13.2 Å². The number of alkyl halides is 3. The van der Waals surface area contributed by atoms with Crippen molar-refractivity contribution >= 4 is 10.1 Å². The van der Waals surface area contributed by atoms with Crippen molar-refractivity contribution in [3.63, 3.8) is 0 Å². The number of hydrogen-bond acceptors (Lipinski definition) is 4. The average Bonchev–Trinajstić information content (AvgIpc) is 2.42. The van der Waals surface area contributed by atoms with Crippen LogP contribution >= 0.6 is 0 Å². The van der Waals surface area contributed by atoms with E-state index in [0.717, 1.165) is 5.56 Å². The molecular formula is C14H16F3NO3S. The summed E-state index contributed by atoms with van der Waals surface area (Å²) in [6.45, 7) is 3.03. The molecule has 0 fully saturated rings. The highest BCUT2D eigenvalue weighted by molar-refractivity contribution is 7.87. The minimum Gasteiger partial charge on any atom is -0.381 e. The van der Waals surface area contributed by atoms with Crippen molar-refractivity contribution in [1.82, 2.24) is 4.90 Å². The third-order valence-electron chi connectivity index (χ3n) is 3.31. The minimum absolute atomic E-state index is 0.151. The van der Waals surface area contributed by atoms with Gasteiger partial charge in [0.05, 0.1) is 0 Å². The highest BCUT2D eigenvalue weighted by Crippen LogP contribution is 2.30. The van der Waals surface area contributed by atoms with E-state index in [4.69, 9.17) is 0 Å². The third kappa shape index (κ3) is 4.01. The fraction of sp³-hybridized carbons (Fsp3) is 0.429. The van der Waals surface area contributed by atoms with E-state index in [1.807, 2.05) is 35.2 Å². The van der Waals surface area contributed by atoms with Crippen molar-refractivity contribution in [2.75, 3.05) is 13.1 Å². The molecule has 1 aliphatic heterocycles. The molecule has 0 unspecified atom stereocenters. The summed E-state index contributed by atoms with van der Waals surface area (Å²) in [5.74, 6) is -0.587. The van der Waals surface area contributed by atoms with E-state index in [-0.39, 0.29) is 5.76 Å². The second kappa shape index (κ2) is 6.29. The summed E-state index contributed by atoms with van der Waals surface area (Å²) in [7, 11) is -5.59. The maximum absolute atomic E-state index is 12.3. The second-order valence-corrected chi connectivity index (χ2v) is 6.71. The first kappa shape index (κ1) is 16.8. The van der Waals surface area contributed by atoms with E-state index in [0.29, 0.717) is 19.6 Å². The molecule has 0 bridgehead atoms. The molecule has 1 aliphatic rings. The van der Waals surface area contributed by atoms with Crippen LogP contribution in [0, 0.1) is 5.92 Å². The molecule has 1 heterocycles. The highest BCUT2D eigenvalue weighted by Gasteiger charge is 2.49. The van der Waals surface area contributed by atoms with Crippen LogP contribution in [0.2, 0.25) is 0 Å². The Morgan fingerprint density at radius 2 is 1.91 bits per heavy atom. The van der Waals surface area contributed by atoms with E-state index in [2.05, 4.69) is 4.18 Å². The van der Waals surface area contributed by atoms with Gasteiger partial charge in [0.15, 0.2) is 0 Å². The Labute approximate surface area is 127 Å². The first-order chi connectivity index (χ1) is 10.2. The normalized spacial score (nSPS) is 20.5. The van der Waals surface area contributed by atoms with Gasteiger partial charge in [-0.1, -0.05) is 37.3 Å². The largest absolute Gasteiger partial charge is 0.534 e. The van der Waals surface area contributed by atoms with Crippen LogP contribution in [-0.4, -0.2) is 31.9 Å². The standard InChI is InChI=1S/C14H16F3NO3S/c1-11-9-18(10-12-5-3-2-4-6-12)8-7-13(11)21-22(19,20)14(15,16)17/h2-7,11H,8-10H2,1H3/t11-/m0/s1. The second-order valence-electron chi connectivity index (χ2n) is 5.17. The summed E-state index contributed by atoms with van der Waals surface area (Å²) in [4.78, 5) is 2.01. The maximum atomic E-state index is 12.3. The van der Waals surface area contributed by atoms with Gasteiger partial charge in [0.1, 0.15) is 5.76 Å². The van der Waals surface area contributed by atoms with Crippen LogP contribution in [0.25, 0.3) is 0 Å². The van der Waals surface area contributed by atoms with E-state index in [1.165, 1.54) is 6.08 Å². The SMILES string of the molecule is C[C@H]1CN(Cc2ccccc2)CC=C1OS(=O)(=O)C(F)(F)F. The molecule has 1 atom stereocenters. The quantitative estimate of drug-likeness (QED) is 0.627.